The molecule has 1 fully saturated rings. The topological polar surface area (TPSA) is 41.9 Å². The lowest BCUT2D eigenvalue weighted by molar-refractivity contribution is -0.0334. The lowest BCUT2D eigenvalue weighted by Crippen LogP contribution is -2.49. The molecule has 118 valence electrons. The van der Waals surface area contributed by atoms with E-state index in [4.69, 9.17) is 9.47 Å². The molecule has 0 saturated carbocycles. The summed E-state index contributed by atoms with van der Waals surface area (Å²) in [6.45, 7) is 9.60. The van der Waals surface area contributed by atoms with Crippen LogP contribution in [0.1, 0.15) is 24.5 Å². The highest BCUT2D eigenvalue weighted by Crippen LogP contribution is 2.22. The van der Waals surface area contributed by atoms with Gasteiger partial charge in [-0.3, -0.25) is 4.90 Å². The molecule has 1 aliphatic rings. The average Bonchev–Trinajstić information content (AvgIpc) is 2.47. The summed E-state index contributed by atoms with van der Waals surface area (Å²) in [5.41, 5.74) is 2.22. The maximum Gasteiger partial charge on any atom is 0.125 e. The van der Waals surface area contributed by atoms with Crippen LogP contribution in [0.5, 0.6) is 5.75 Å². The Hall–Kier alpha value is -1.10. The van der Waals surface area contributed by atoms with E-state index in [1.165, 1.54) is 0 Å². The van der Waals surface area contributed by atoms with Gasteiger partial charge in [0.1, 0.15) is 18.5 Å². The van der Waals surface area contributed by atoms with Gasteiger partial charge in [-0.2, -0.15) is 0 Å². The number of β-amino-alcohol motifs (C(OH)–C–C–N with tert-alkyl or cyclic N) is 1. The van der Waals surface area contributed by atoms with Crippen LogP contribution in [0.15, 0.2) is 18.2 Å². The molecule has 0 amide bonds. The van der Waals surface area contributed by atoms with Crippen LogP contribution in [-0.2, 0) is 4.74 Å². The molecule has 2 atom stereocenters. The van der Waals surface area contributed by atoms with E-state index < -0.39 is 6.10 Å². The number of rotatable bonds is 6. The van der Waals surface area contributed by atoms with Crippen molar-refractivity contribution in [3.05, 3.63) is 29.3 Å². The summed E-state index contributed by atoms with van der Waals surface area (Å²) in [5.74, 6) is 0.894. The Morgan fingerprint density at radius 2 is 2.10 bits per heavy atom. The first-order valence-electron chi connectivity index (χ1n) is 7.80. The van der Waals surface area contributed by atoms with Gasteiger partial charge in [0.25, 0.3) is 0 Å². The van der Waals surface area contributed by atoms with Gasteiger partial charge < -0.3 is 14.6 Å². The van der Waals surface area contributed by atoms with Crippen molar-refractivity contribution in [2.45, 2.75) is 39.3 Å². The van der Waals surface area contributed by atoms with Gasteiger partial charge in [0.15, 0.2) is 0 Å². The van der Waals surface area contributed by atoms with E-state index in [-0.39, 0.29) is 0 Å². The smallest absolute Gasteiger partial charge is 0.125 e. The number of aryl methyl sites for hydroxylation is 2. The predicted octanol–water partition coefficient (Wildman–Crippen LogP) is 2.15. The number of hydrogen-bond acceptors (Lipinski definition) is 4. The third-order valence-electron chi connectivity index (χ3n) is 4.09. The Bertz CT molecular complexity index is 429. The monoisotopic (exact) mass is 293 g/mol. The normalized spacial score (nSPS) is 21.2. The second kappa shape index (κ2) is 7.78. The summed E-state index contributed by atoms with van der Waals surface area (Å²) in [7, 11) is 0. The third-order valence-corrected chi connectivity index (χ3v) is 4.09. The van der Waals surface area contributed by atoms with Gasteiger partial charge in [0.05, 0.1) is 13.2 Å². The molecule has 1 aliphatic heterocycles. The van der Waals surface area contributed by atoms with E-state index >= 15 is 0 Å². The second-order valence-electron chi connectivity index (χ2n) is 5.82. The fraction of sp³-hybridized carbons (Fsp3) is 0.647. The molecule has 0 aromatic heterocycles. The van der Waals surface area contributed by atoms with Crippen molar-refractivity contribution >= 4 is 0 Å². The summed E-state index contributed by atoms with van der Waals surface area (Å²) < 4.78 is 11.3. The van der Waals surface area contributed by atoms with Crippen LogP contribution in [0.25, 0.3) is 0 Å². The number of nitrogens with zero attached hydrogens (tertiary/aromatic N) is 1. The van der Waals surface area contributed by atoms with Crippen LogP contribution >= 0.6 is 0 Å². The van der Waals surface area contributed by atoms with Gasteiger partial charge in [-0.1, -0.05) is 25.1 Å². The zero-order valence-electron chi connectivity index (χ0n) is 13.3. The van der Waals surface area contributed by atoms with Crippen molar-refractivity contribution in [3.8, 4) is 5.75 Å². The SMILES string of the molecule is CCC1COCCN1CC(O)COc1c(C)cccc1C. The first-order chi connectivity index (χ1) is 10.1. The molecular weight excluding hydrogens is 266 g/mol. The highest BCUT2D eigenvalue weighted by Gasteiger charge is 2.23. The maximum atomic E-state index is 10.3. The van der Waals surface area contributed by atoms with E-state index in [2.05, 4.69) is 11.8 Å². The first-order valence-corrected chi connectivity index (χ1v) is 7.80. The lowest BCUT2D eigenvalue weighted by atomic mass is 10.1. The van der Waals surface area contributed by atoms with Gasteiger partial charge in [0, 0.05) is 19.1 Å². The molecule has 0 bridgehead atoms. The minimum atomic E-state index is -0.476. The van der Waals surface area contributed by atoms with Gasteiger partial charge in [-0.05, 0) is 31.4 Å². The molecule has 2 unspecified atom stereocenters. The molecule has 1 heterocycles. The fourth-order valence-electron chi connectivity index (χ4n) is 2.84. The van der Waals surface area contributed by atoms with E-state index in [9.17, 15) is 5.11 Å². The molecule has 1 aromatic carbocycles. The van der Waals surface area contributed by atoms with Crippen molar-refractivity contribution in [3.63, 3.8) is 0 Å². The standard InChI is InChI=1S/C17H27NO3/c1-4-15-11-20-9-8-18(15)10-16(19)12-21-17-13(2)6-5-7-14(17)3/h5-7,15-16,19H,4,8-12H2,1-3H3. The summed E-state index contributed by atoms with van der Waals surface area (Å²) in [6.07, 6.45) is 0.570. The van der Waals surface area contributed by atoms with Crippen molar-refractivity contribution < 1.29 is 14.6 Å². The van der Waals surface area contributed by atoms with Crippen LogP contribution < -0.4 is 4.74 Å². The van der Waals surface area contributed by atoms with Crippen molar-refractivity contribution in [2.24, 2.45) is 0 Å². The van der Waals surface area contributed by atoms with Crippen LogP contribution in [0.2, 0.25) is 0 Å². The van der Waals surface area contributed by atoms with Gasteiger partial charge in [0.2, 0.25) is 0 Å². The Morgan fingerprint density at radius 3 is 2.76 bits per heavy atom. The quantitative estimate of drug-likeness (QED) is 0.873. The van der Waals surface area contributed by atoms with Crippen molar-refractivity contribution in [1.82, 2.24) is 4.90 Å². The molecule has 1 saturated heterocycles. The fourth-order valence-corrected chi connectivity index (χ4v) is 2.84. The Kier molecular flexibility index (Phi) is 6.03. The highest BCUT2D eigenvalue weighted by atomic mass is 16.5. The Morgan fingerprint density at radius 1 is 1.38 bits per heavy atom. The summed E-state index contributed by atoms with van der Waals surface area (Å²) in [6, 6.07) is 6.50. The number of morpholine rings is 1. The maximum absolute atomic E-state index is 10.3. The lowest BCUT2D eigenvalue weighted by Gasteiger charge is -2.36. The molecule has 1 aromatic rings. The van der Waals surface area contributed by atoms with Crippen LogP contribution in [0, 0.1) is 13.8 Å². The molecule has 1 N–H and O–H groups in total. The molecule has 0 aliphatic carbocycles. The Labute approximate surface area is 127 Å². The average molecular weight is 293 g/mol. The zero-order valence-corrected chi connectivity index (χ0v) is 13.3. The van der Waals surface area contributed by atoms with E-state index in [0.29, 0.717) is 19.2 Å². The largest absolute Gasteiger partial charge is 0.490 e. The second-order valence-corrected chi connectivity index (χ2v) is 5.82. The van der Waals surface area contributed by atoms with Crippen LogP contribution in [0.3, 0.4) is 0 Å². The van der Waals surface area contributed by atoms with Crippen molar-refractivity contribution in [1.29, 1.82) is 0 Å². The molecule has 21 heavy (non-hydrogen) atoms. The molecular formula is C17H27NO3. The molecule has 0 spiro atoms. The first kappa shape index (κ1) is 16.3. The number of para-hydroxylation sites is 1. The summed E-state index contributed by atoms with van der Waals surface area (Å²) >= 11 is 0. The summed E-state index contributed by atoms with van der Waals surface area (Å²) in [5, 5.41) is 10.3. The van der Waals surface area contributed by atoms with E-state index in [1.807, 2.05) is 32.0 Å². The number of benzene rings is 1. The van der Waals surface area contributed by atoms with Crippen molar-refractivity contribution in [2.75, 3.05) is 32.9 Å². The van der Waals surface area contributed by atoms with E-state index in [1.54, 1.807) is 0 Å². The number of ether oxygens (including phenoxy) is 2. The number of hydrogen-bond donors (Lipinski definition) is 1. The van der Waals surface area contributed by atoms with E-state index in [0.717, 1.165) is 43.1 Å². The number of aliphatic hydroxyl groups is 1. The minimum Gasteiger partial charge on any atom is -0.490 e. The van der Waals surface area contributed by atoms with Gasteiger partial charge in [-0.25, -0.2) is 0 Å². The summed E-state index contributed by atoms with van der Waals surface area (Å²) in [4.78, 5) is 2.31. The third kappa shape index (κ3) is 4.43. The molecule has 4 nitrogen and oxygen atoms in total. The highest BCUT2D eigenvalue weighted by molar-refractivity contribution is 5.39. The molecule has 2 rings (SSSR count). The zero-order chi connectivity index (χ0) is 15.2. The minimum absolute atomic E-state index is 0.333. The number of aliphatic hydroxyl groups excluding tert-OH is 1. The van der Waals surface area contributed by atoms with Crippen LogP contribution in [-0.4, -0.2) is 55.1 Å². The molecule has 0 radical (unpaired) electrons. The predicted molar refractivity (Wildman–Crippen MR) is 83.9 cm³/mol. The van der Waals surface area contributed by atoms with Gasteiger partial charge in [-0.15, -0.1) is 0 Å². The molecule has 4 heteroatoms. The Balaban J connectivity index is 1.85. The van der Waals surface area contributed by atoms with Gasteiger partial charge >= 0.3 is 0 Å². The van der Waals surface area contributed by atoms with Crippen LogP contribution in [0.4, 0.5) is 0 Å².